The highest BCUT2D eigenvalue weighted by molar-refractivity contribution is 6.42. The first-order valence-electron chi connectivity index (χ1n) is 6.84. The van der Waals surface area contributed by atoms with E-state index >= 15 is 0 Å². The van der Waals surface area contributed by atoms with Gasteiger partial charge in [-0.2, -0.15) is 10.1 Å². The number of hydrogen-bond acceptors (Lipinski definition) is 5. The molecular weight excluding hydrogens is 309 g/mol. The van der Waals surface area contributed by atoms with E-state index in [1.807, 2.05) is 0 Å². The normalized spacial score (nSPS) is 10.4. The molecule has 7 heteroatoms. The monoisotopic (exact) mass is 325 g/mol. The maximum absolute atomic E-state index is 5.97. The largest absolute Gasteiger partial charge is 0.369 e. The summed E-state index contributed by atoms with van der Waals surface area (Å²) in [5.41, 5.74) is 0.759. The highest BCUT2D eigenvalue weighted by Gasteiger charge is 2.03. The van der Waals surface area contributed by atoms with Crippen LogP contribution >= 0.6 is 23.2 Å². The lowest BCUT2D eigenvalue weighted by Crippen LogP contribution is -2.06. The Morgan fingerprint density at radius 2 is 2.00 bits per heavy atom. The Morgan fingerprint density at radius 1 is 1.14 bits per heavy atom. The van der Waals surface area contributed by atoms with Gasteiger partial charge in [0.25, 0.3) is 0 Å². The molecule has 112 valence electrons. The zero-order valence-corrected chi connectivity index (χ0v) is 13.2. The van der Waals surface area contributed by atoms with E-state index in [4.69, 9.17) is 23.2 Å². The summed E-state index contributed by atoms with van der Waals surface area (Å²) in [5, 5.41) is 15.1. The second kappa shape index (κ2) is 8.00. The minimum absolute atomic E-state index is 0.411. The summed E-state index contributed by atoms with van der Waals surface area (Å²) >= 11 is 11.8. The molecule has 21 heavy (non-hydrogen) atoms. The highest BCUT2D eigenvalue weighted by Crippen LogP contribution is 2.26. The molecule has 1 heterocycles. The van der Waals surface area contributed by atoms with Crippen molar-refractivity contribution in [2.24, 2.45) is 0 Å². The minimum Gasteiger partial charge on any atom is -0.369 e. The van der Waals surface area contributed by atoms with Gasteiger partial charge in [-0.3, -0.25) is 0 Å². The maximum atomic E-state index is 5.97. The molecule has 0 aliphatic heterocycles. The summed E-state index contributed by atoms with van der Waals surface area (Å²) in [6, 6.07) is 5.24. The second-order valence-corrected chi connectivity index (χ2v) is 5.37. The molecule has 2 aromatic rings. The average molecular weight is 326 g/mol. The third kappa shape index (κ3) is 5.02. The van der Waals surface area contributed by atoms with E-state index in [1.54, 1.807) is 24.4 Å². The van der Waals surface area contributed by atoms with Crippen LogP contribution in [0.1, 0.15) is 26.2 Å². The topological polar surface area (TPSA) is 62.7 Å². The molecule has 0 atom stereocenters. The van der Waals surface area contributed by atoms with Gasteiger partial charge >= 0.3 is 0 Å². The van der Waals surface area contributed by atoms with Crippen LogP contribution in [0.15, 0.2) is 24.4 Å². The van der Waals surface area contributed by atoms with Crippen molar-refractivity contribution in [3.63, 3.8) is 0 Å². The van der Waals surface area contributed by atoms with Crippen LogP contribution in [0.2, 0.25) is 10.0 Å². The van der Waals surface area contributed by atoms with Gasteiger partial charge in [-0.05, 0) is 24.6 Å². The lowest BCUT2D eigenvalue weighted by atomic mass is 10.2. The van der Waals surface area contributed by atoms with Gasteiger partial charge in [-0.25, -0.2) is 0 Å². The predicted molar refractivity (Wildman–Crippen MR) is 87.6 cm³/mol. The number of nitrogens with zero attached hydrogens (tertiary/aromatic N) is 3. The Hall–Kier alpha value is -1.59. The van der Waals surface area contributed by atoms with E-state index < -0.39 is 0 Å². The van der Waals surface area contributed by atoms with E-state index in [-0.39, 0.29) is 0 Å². The lowest BCUT2D eigenvalue weighted by molar-refractivity contribution is 0.741. The fourth-order valence-electron chi connectivity index (χ4n) is 1.74. The smallest absolute Gasteiger partial charge is 0.249 e. The summed E-state index contributed by atoms with van der Waals surface area (Å²) < 4.78 is 0. The van der Waals surface area contributed by atoms with Gasteiger partial charge in [0.1, 0.15) is 0 Å². The Balaban J connectivity index is 1.98. The summed E-state index contributed by atoms with van der Waals surface area (Å²) in [7, 11) is 0. The molecule has 0 saturated carbocycles. The van der Waals surface area contributed by atoms with Crippen LogP contribution in [0.5, 0.6) is 0 Å². The molecule has 1 aromatic carbocycles. The third-order valence-electron chi connectivity index (χ3n) is 2.82. The van der Waals surface area contributed by atoms with Crippen molar-refractivity contribution in [2.45, 2.75) is 26.2 Å². The van der Waals surface area contributed by atoms with Crippen molar-refractivity contribution in [3.8, 4) is 0 Å². The molecule has 0 spiro atoms. The number of nitrogens with one attached hydrogen (secondary N) is 2. The van der Waals surface area contributed by atoms with Crippen molar-refractivity contribution in [3.05, 3.63) is 34.4 Å². The first-order valence-corrected chi connectivity index (χ1v) is 7.60. The summed E-state index contributed by atoms with van der Waals surface area (Å²) in [6.45, 7) is 3.05. The van der Waals surface area contributed by atoms with Crippen molar-refractivity contribution < 1.29 is 0 Å². The van der Waals surface area contributed by atoms with Gasteiger partial charge in [0.2, 0.25) is 5.95 Å². The minimum atomic E-state index is 0.411. The molecule has 0 saturated heterocycles. The Morgan fingerprint density at radius 3 is 2.76 bits per heavy atom. The lowest BCUT2D eigenvalue weighted by Gasteiger charge is -2.08. The van der Waals surface area contributed by atoms with Crippen LogP contribution in [0.4, 0.5) is 17.5 Å². The quantitative estimate of drug-likeness (QED) is 0.732. The molecule has 5 nitrogen and oxygen atoms in total. The van der Waals surface area contributed by atoms with Crippen LogP contribution in [0.25, 0.3) is 0 Å². The molecule has 2 rings (SSSR count). The standard InChI is InChI=1S/C14H17Cl2N5/c1-2-3-4-7-17-13-9-18-21-14(20-13)19-10-5-6-11(15)12(16)8-10/h5-6,8-9H,2-4,7H2,1H3,(H2,17,19,20,21). The molecule has 0 fully saturated rings. The number of anilines is 3. The molecule has 0 unspecified atom stereocenters. The number of rotatable bonds is 7. The molecule has 0 radical (unpaired) electrons. The molecule has 0 aliphatic carbocycles. The fraction of sp³-hybridized carbons (Fsp3) is 0.357. The highest BCUT2D eigenvalue weighted by atomic mass is 35.5. The van der Waals surface area contributed by atoms with Gasteiger partial charge in [0.05, 0.1) is 16.2 Å². The van der Waals surface area contributed by atoms with Crippen LogP contribution in [0.3, 0.4) is 0 Å². The van der Waals surface area contributed by atoms with Gasteiger partial charge in [-0.15, -0.1) is 5.10 Å². The molecule has 0 bridgehead atoms. The first kappa shape index (κ1) is 15.8. The third-order valence-corrected chi connectivity index (χ3v) is 3.56. The van der Waals surface area contributed by atoms with Crippen LogP contribution in [-0.4, -0.2) is 21.7 Å². The van der Waals surface area contributed by atoms with Crippen molar-refractivity contribution in [1.82, 2.24) is 15.2 Å². The Bertz CT molecular complexity index is 591. The zero-order chi connectivity index (χ0) is 15.1. The van der Waals surface area contributed by atoms with E-state index in [2.05, 4.69) is 32.7 Å². The molecular formula is C14H17Cl2N5. The SMILES string of the molecule is CCCCCNc1cnnc(Nc2ccc(Cl)c(Cl)c2)n1. The average Bonchev–Trinajstić information content (AvgIpc) is 2.48. The molecule has 0 aliphatic rings. The van der Waals surface area contributed by atoms with E-state index in [9.17, 15) is 0 Å². The summed E-state index contributed by atoms with van der Waals surface area (Å²) in [5.74, 6) is 1.11. The van der Waals surface area contributed by atoms with Crippen molar-refractivity contribution in [1.29, 1.82) is 0 Å². The predicted octanol–water partition coefficient (Wildman–Crippen LogP) is 4.52. The molecule has 1 aromatic heterocycles. The second-order valence-electron chi connectivity index (χ2n) is 4.55. The van der Waals surface area contributed by atoms with E-state index in [1.165, 1.54) is 12.8 Å². The molecule has 0 amide bonds. The molecule has 2 N–H and O–H groups in total. The first-order chi connectivity index (χ1) is 10.2. The number of aromatic nitrogens is 3. The zero-order valence-electron chi connectivity index (χ0n) is 11.7. The van der Waals surface area contributed by atoms with Gasteiger partial charge in [0.15, 0.2) is 5.82 Å². The number of halogens is 2. The fourth-order valence-corrected chi connectivity index (χ4v) is 2.03. The number of benzene rings is 1. The van der Waals surface area contributed by atoms with E-state index in [0.29, 0.717) is 21.8 Å². The Labute approximate surface area is 134 Å². The summed E-state index contributed by atoms with van der Waals surface area (Å²) in [6.07, 6.45) is 5.09. The van der Waals surface area contributed by atoms with Gasteiger partial charge in [0, 0.05) is 12.2 Å². The van der Waals surface area contributed by atoms with Crippen LogP contribution < -0.4 is 10.6 Å². The van der Waals surface area contributed by atoms with Crippen molar-refractivity contribution >= 4 is 40.7 Å². The van der Waals surface area contributed by atoms with Crippen molar-refractivity contribution in [2.75, 3.05) is 17.2 Å². The maximum Gasteiger partial charge on any atom is 0.249 e. The summed E-state index contributed by atoms with van der Waals surface area (Å²) in [4.78, 5) is 4.35. The van der Waals surface area contributed by atoms with Gasteiger partial charge < -0.3 is 10.6 Å². The van der Waals surface area contributed by atoms with Crippen LogP contribution in [0, 0.1) is 0 Å². The number of unbranched alkanes of at least 4 members (excludes halogenated alkanes) is 2. The van der Waals surface area contributed by atoms with Crippen LogP contribution in [-0.2, 0) is 0 Å². The Kier molecular flexibility index (Phi) is 6.02. The van der Waals surface area contributed by atoms with E-state index in [0.717, 1.165) is 18.7 Å². The number of hydrogen-bond donors (Lipinski definition) is 2. The van der Waals surface area contributed by atoms with Gasteiger partial charge in [-0.1, -0.05) is 43.0 Å².